The quantitative estimate of drug-likeness (QED) is 0.595. The molecule has 1 atom stereocenters. The van der Waals surface area contributed by atoms with Crippen molar-refractivity contribution in [3.05, 3.63) is 0 Å². The van der Waals surface area contributed by atoms with Crippen molar-refractivity contribution in [3.63, 3.8) is 0 Å². The number of hydrogen-bond donors (Lipinski definition) is 0. The molecule has 0 saturated carbocycles. The summed E-state index contributed by atoms with van der Waals surface area (Å²) in [6, 6.07) is 0. The molecule has 0 aromatic rings. The van der Waals surface area contributed by atoms with Gasteiger partial charge in [-0.15, -0.1) is 0 Å². The number of carbonyl (C=O) groups is 1. The average Bonchev–Trinajstić information content (AvgIpc) is 1.84. The summed E-state index contributed by atoms with van der Waals surface area (Å²) in [4.78, 5) is 10.1. The lowest BCUT2D eigenvalue weighted by molar-refractivity contribution is -0.109. The van der Waals surface area contributed by atoms with Crippen molar-refractivity contribution in [1.82, 2.24) is 0 Å². The van der Waals surface area contributed by atoms with Crippen molar-refractivity contribution < 1.29 is 9.53 Å². The highest BCUT2D eigenvalue weighted by Gasteiger charge is 2.10. The minimum Gasteiger partial charge on any atom is -0.381 e. The molecule has 72 valence electrons. The zero-order chi connectivity index (χ0) is 9.61. The van der Waals surface area contributed by atoms with Gasteiger partial charge in [0.1, 0.15) is 6.29 Å². The fraction of sp³-hybridized carbons (Fsp3) is 0.900. The van der Waals surface area contributed by atoms with Gasteiger partial charge in [-0.2, -0.15) is 0 Å². The summed E-state index contributed by atoms with van der Waals surface area (Å²) in [5, 5.41) is 0. The van der Waals surface area contributed by atoms with E-state index in [9.17, 15) is 4.79 Å². The van der Waals surface area contributed by atoms with Crippen LogP contribution in [0.5, 0.6) is 0 Å². The van der Waals surface area contributed by atoms with Crippen molar-refractivity contribution in [3.8, 4) is 0 Å². The van der Waals surface area contributed by atoms with Gasteiger partial charge in [-0.25, -0.2) is 0 Å². The summed E-state index contributed by atoms with van der Waals surface area (Å²) in [6.07, 6.45) is 1.55. The lowest BCUT2D eigenvalue weighted by Gasteiger charge is -2.19. The molecule has 0 radical (unpaired) electrons. The van der Waals surface area contributed by atoms with Crippen LogP contribution in [-0.2, 0) is 9.53 Å². The summed E-state index contributed by atoms with van der Waals surface area (Å²) in [5.74, 6) is 0.352. The van der Waals surface area contributed by atoms with Gasteiger partial charge in [0, 0.05) is 13.0 Å². The maximum absolute atomic E-state index is 10.1. The molecule has 0 bridgehead atoms. The average molecular weight is 172 g/mol. The smallest absolute Gasteiger partial charge is 0.120 e. The van der Waals surface area contributed by atoms with Crippen LogP contribution < -0.4 is 0 Å². The van der Waals surface area contributed by atoms with E-state index in [1.54, 1.807) is 0 Å². The predicted octanol–water partition coefficient (Wildman–Crippen LogP) is 2.27. The van der Waals surface area contributed by atoms with Gasteiger partial charge < -0.3 is 9.53 Å². The second-order valence-electron chi connectivity index (χ2n) is 4.58. The molecule has 0 aliphatic carbocycles. The van der Waals surface area contributed by atoms with Crippen molar-refractivity contribution in [2.24, 2.45) is 11.3 Å². The van der Waals surface area contributed by atoms with Crippen LogP contribution in [-0.4, -0.2) is 19.5 Å². The van der Waals surface area contributed by atoms with Crippen LogP contribution in [0, 0.1) is 11.3 Å². The lowest BCUT2D eigenvalue weighted by atomic mass is 9.98. The summed E-state index contributed by atoms with van der Waals surface area (Å²) in [5.41, 5.74) is 0.223. The maximum atomic E-state index is 10.1. The van der Waals surface area contributed by atoms with Gasteiger partial charge in [-0.1, -0.05) is 27.7 Å². The Morgan fingerprint density at radius 2 is 2.00 bits per heavy atom. The van der Waals surface area contributed by atoms with Gasteiger partial charge in [0.2, 0.25) is 0 Å². The first kappa shape index (κ1) is 11.6. The van der Waals surface area contributed by atoms with Gasteiger partial charge in [-0.05, 0) is 11.3 Å². The van der Waals surface area contributed by atoms with Crippen LogP contribution in [0.4, 0.5) is 0 Å². The molecule has 0 rings (SSSR count). The Labute approximate surface area is 75.3 Å². The molecule has 0 N–H and O–H groups in total. The van der Waals surface area contributed by atoms with Crippen LogP contribution in [0.2, 0.25) is 0 Å². The number of carbonyl (C=O) groups excluding carboxylic acids is 1. The van der Waals surface area contributed by atoms with E-state index in [0.29, 0.717) is 18.9 Å². The summed E-state index contributed by atoms with van der Waals surface area (Å²) < 4.78 is 5.45. The molecule has 0 aliphatic heterocycles. The van der Waals surface area contributed by atoms with Crippen LogP contribution in [0.3, 0.4) is 0 Å². The molecule has 2 nitrogen and oxygen atoms in total. The first-order valence-electron chi connectivity index (χ1n) is 4.47. The third-order valence-corrected chi connectivity index (χ3v) is 1.44. The molecule has 0 aromatic carbocycles. The van der Waals surface area contributed by atoms with Crippen molar-refractivity contribution in [1.29, 1.82) is 0 Å². The Balaban J connectivity index is 3.36. The third-order valence-electron chi connectivity index (χ3n) is 1.44. The first-order chi connectivity index (χ1) is 5.45. The van der Waals surface area contributed by atoms with Crippen LogP contribution >= 0.6 is 0 Å². The molecule has 0 saturated heterocycles. The molecule has 0 amide bonds. The van der Waals surface area contributed by atoms with E-state index in [1.807, 2.05) is 6.92 Å². The molecule has 1 unspecified atom stereocenters. The molecule has 0 aromatic heterocycles. The minimum atomic E-state index is 0.223. The van der Waals surface area contributed by atoms with Crippen molar-refractivity contribution in [2.45, 2.75) is 34.1 Å². The number of ether oxygens (including phenoxy) is 1. The molecular weight excluding hydrogens is 152 g/mol. The van der Waals surface area contributed by atoms with Gasteiger partial charge in [0.15, 0.2) is 0 Å². The fourth-order valence-electron chi connectivity index (χ4n) is 0.799. The van der Waals surface area contributed by atoms with E-state index in [0.717, 1.165) is 12.9 Å². The zero-order valence-electron chi connectivity index (χ0n) is 8.59. The lowest BCUT2D eigenvalue weighted by Crippen LogP contribution is -2.17. The minimum absolute atomic E-state index is 0.223. The highest BCUT2D eigenvalue weighted by Crippen LogP contribution is 2.13. The van der Waals surface area contributed by atoms with Gasteiger partial charge in [0.05, 0.1) is 6.61 Å². The number of aldehydes is 1. The SMILES string of the molecule is CC(CC=O)COCC(C)(C)C. The molecule has 12 heavy (non-hydrogen) atoms. The molecule has 0 aliphatic rings. The largest absolute Gasteiger partial charge is 0.381 e. The number of rotatable bonds is 5. The standard InChI is InChI=1S/C10H20O2/c1-9(5-6-11)7-12-8-10(2,3)4/h6,9H,5,7-8H2,1-4H3. The topological polar surface area (TPSA) is 26.3 Å². The Kier molecular flexibility index (Phi) is 5.14. The molecule has 0 heterocycles. The summed E-state index contributed by atoms with van der Waals surface area (Å²) in [7, 11) is 0. The van der Waals surface area contributed by atoms with Crippen LogP contribution in [0.25, 0.3) is 0 Å². The predicted molar refractivity (Wildman–Crippen MR) is 50.1 cm³/mol. The Morgan fingerprint density at radius 1 is 1.42 bits per heavy atom. The normalized spacial score (nSPS) is 14.3. The first-order valence-corrected chi connectivity index (χ1v) is 4.47. The summed E-state index contributed by atoms with van der Waals surface area (Å²) >= 11 is 0. The molecular formula is C10H20O2. The number of hydrogen-bond acceptors (Lipinski definition) is 2. The fourth-order valence-corrected chi connectivity index (χ4v) is 0.799. The van der Waals surface area contributed by atoms with Crippen LogP contribution in [0.1, 0.15) is 34.1 Å². The Hall–Kier alpha value is -0.370. The zero-order valence-corrected chi connectivity index (χ0v) is 8.59. The Bertz CT molecular complexity index is 124. The molecule has 0 spiro atoms. The highest BCUT2D eigenvalue weighted by molar-refractivity contribution is 5.49. The van der Waals surface area contributed by atoms with E-state index in [4.69, 9.17) is 4.74 Å². The summed E-state index contributed by atoms with van der Waals surface area (Å²) in [6.45, 7) is 9.88. The monoisotopic (exact) mass is 172 g/mol. The van der Waals surface area contributed by atoms with Gasteiger partial charge in [-0.3, -0.25) is 0 Å². The van der Waals surface area contributed by atoms with Gasteiger partial charge in [0.25, 0.3) is 0 Å². The van der Waals surface area contributed by atoms with E-state index in [-0.39, 0.29) is 5.41 Å². The molecule has 0 fully saturated rings. The highest BCUT2D eigenvalue weighted by atomic mass is 16.5. The van der Waals surface area contributed by atoms with E-state index >= 15 is 0 Å². The van der Waals surface area contributed by atoms with E-state index < -0.39 is 0 Å². The van der Waals surface area contributed by atoms with Gasteiger partial charge >= 0.3 is 0 Å². The molecule has 2 heteroatoms. The van der Waals surface area contributed by atoms with Crippen molar-refractivity contribution in [2.75, 3.05) is 13.2 Å². The van der Waals surface area contributed by atoms with Crippen molar-refractivity contribution >= 4 is 6.29 Å². The second kappa shape index (κ2) is 5.31. The van der Waals surface area contributed by atoms with Crippen LogP contribution in [0.15, 0.2) is 0 Å². The second-order valence-corrected chi connectivity index (χ2v) is 4.58. The third kappa shape index (κ3) is 7.73. The Morgan fingerprint density at radius 3 is 2.42 bits per heavy atom. The van der Waals surface area contributed by atoms with E-state index in [1.165, 1.54) is 0 Å². The maximum Gasteiger partial charge on any atom is 0.120 e. The van der Waals surface area contributed by atoms with E-state index in [2.05, 4.69) is 20.8 Å².